The van der Waals surface area contributed by atoms with Crippen molar-refractivity contribution >= 4 is 24.1 Å². The van der Waals surface area contributed by atoms with Crippen molar-refractivity contribution in [2.75, 3.05) is 18.8 Å². The third kappa shape index (κ3) is 7.99. The van der Waals surface area contributed by atoms with Crippen LogP contribution >= 0.6 is 12.4 Å². The molecule has 5 N–H and O–H groups in total. The monoisotopic (exact) mass is 360 g/mol. The smallest absolute Gasteiger partial charge is 0.320 e. The molecule has 1 aliphatic rings. The van der Waals surface area contributed by atoms with Crippen LogP contribution in [0.1, 0.15) is 50.2 Å². The average molecular weight is 361 g/mol. The number of hydrogen-bond donors (Lipinski definition) is 2. The van der Waals surface area contributed by atoms with E-state index < -0.39 is 5.97 Å². The Morgan fingerprint density at radius 1 is 1.29 bits per heavy atom. The van der Waals surface area contributed by atoms with Gasteiger partial charge in [0.05, 0.1) is 0 Å². The minimum atomic E-state index is -0.643. The van der Waals surface area contributed by atoms with E-state index in [4.69, 9.17) is 10.8 Å². The lowest BCUT2D eigenvalue weighted by molar-refractivity contribution is -0.144. The molecule has 1 unspecified atom stereocenters. The number of aliphatic carboxylic acids is 1. The fourth-order valence-electron chi connectivity index (χ4n) is 2.73. The number of benzene rings is 1. The predicted octanol–water partition coefficient (Wildman–Crippen LogP) is 3.21. The molecular formula is C18H33ClN2O3. The lowest BCUT2D eigenvalue weighted by Crippen LogP contribution is -2.44. The van der Waals surface area contributed by atoms with Crippen LogP contribution in [0.5, 0.6) is 0 Å². The lowest BCUT2D eigenvalue weighted by atomic mass is 10.0. The van der Waals surface area contributed by atoms with Gasteiger partial charge >= 0.3 is 5.97 Å². The highest BCUT2D eigenvalue weighted by Gasteiger charge is 2.27. The zero-order valence-corrected chi connectivity index (χ0v) is 15.9. The molecule has 0 saturated carbocycles. The number of nitrogens with two attached hydrogens (primary N) is 1. The summed E-state index contributed by atoms with van der Waals surface area (Å²) in [6.07, 6.45) is 5.32. The van der Waals surface area contributed by atoms with Crippen LogP contribution < -0.4 is 5.73 Å². The van der Waals surface area contributed by atoms with Gasteiger partial charge in [0.2, 0.25) is 0 Å². The molecule has 0 spiro atoms. The minimum absolute atomic E-state index is 0. The molecular weight excluding hydrogens is 328 g/mol. The average Bonchev–Trinajstić information content (AvgIpc) is 2.51. The number of para-hydroxylation sites is 1. The van der Waals surface area contributed by atoms with Crippen LogP contribution in [0, 0.1) is 13.8 Å². The second-order valence-corrected chi connectivity index (χ2v) is 6.04. The van der Waals surface area contributed by atoms with E-state index >= 15 is 0 Å². The highest BCUT2D eigenvalue weighted by Crippen LogP contribution is 2.17. The molecule has 6 heteroatoms. The van der Waals surface area contributed by atoms with E-state index in [1.54, 1.807) is 0 Å². The first-order valence-corrected chi connectivity index (χ1v) is 8.26. The number of likely N-dealkylation sites (tertiary alicyclic amines) is 1. The Balaban J connectivity index is 0. The number of rotatable bonds is 4. The molecule has 1 aliphatic heterocycles. The molecule has 1 heterocycles. The summed E-state index contributed by atoms with van der Waals surface area (Å²) < 4.78 is 0. The Morgan fingerprint density at radius 2 is 1.88 bits per heavy atom. The first-order chi connectivity index (χ1) is 10.5. The summed E-state index contributed by atoms with van der Waals surface area (Å²) in [6, 6.07) is 5.84. The highest BCUT2D eigenvalue weighted by atomic mass is 35.5. The Labute approximate surface area is 152 Å². The SMILES string of the molecule is CCCCN1CCCCC1C(=O)O.Cc1cccc(C)c1N.Cl.O. The zero-order valence-electron chi connectivity index (χ0n) is 15.0. The van der Waals surface area contributed by atoms with Crippen molar-refractivity contribution < 1.29 is 15.4 Å². The van der Waals surface area contributed by atoms with Crippen molar-refractivity contribution in [2.24, 2.45) is 0 Å². The first kappa shape index (κ1) is 24.9. The zero-order chi connectivity index (χ0) is 16.5. The number of halogens is 1. The fraction of sp³-hybridized carbons (Fsp3) is 0.611. The molecule has 0 bridgehead atoms. The summed E-state index contributed by atoms with van der Waals surface area (Å²) in [7, 11) is 0. The van der Waals surface area contributed by atoms with Gasteiger partial charge in [-0.3, -0.25) is 9.69 Å². The van der Waals surface area contributed by atoms with Gasteiger partial charge < -0.3 is 16.3 Å². The fourth-order valence-corrected chi connectivity index (χ4v) is 2.73. The molecule has 1 aromatic rings. The normalized spacial score (nSPS) is 16.9. The van der Waals surface area contributed by atoms with Gasteiger partial charge in [-0.15, -0.1) is 12.4 Å². The van der Waals surface area contributed by atoms with Crippen molar-refractivity contribution in [1.29, 1.82) is 0 Å². The van der Waals surface area contributed by atoms with Gasteiger partial charge in [0.1, 0.15) is 6.04 Å². The summed E-state index contributed by atoms with van der Waals surface area (Å²) in [5.41, 5.74) is 8.92. The summed E-state index contributed by atoms with van der Waals surface area (Å²) in [5.74, 6) is -0.643. The van der Waals surface area contributed by atoms with Crippen LogP contribution in [0.2, 0.25) is 0 Å². The second-order valence-electron chi connectivity index (χ2n) is 6.04. The van der Waals surface area contributed by atoms with Gasteiger partial charge in [0.25, 0.3) is 0 Å². The number of carboxylic acid groups (broad SMARTS) is 1. The predicted molar refractivity (Wildman–Crippen MR) is 103 cm³/mol. The largest absolute Gasteiger partial charge is 0.480 e. The molecule has 0 aromatic heterocycles. The molecule has 0 amide bonds. The number of nitrogen functional groups attached to an aromatic ring is 1. The van der Waals surface area contributed by atoms with Gasteiger partial charge in [0.15, 0.2) is 0 Å². The van der Waals surface area contributed by atoms with Crippen molar-refractivity contribution in [1.82, 2.24) is 4.90 Å². The first-order valence-electron chi connectivity index (χ1n) is 8.26. The number of aryl methyl sites for hydroxylation is 2. The van der Waals surface area contributed by atoms with Crippen LogP contribution in [0.15, 0.2) is 18.2 Å². The number of nitrogens with zero attached hydrogens (tertiary/aromatic N) is 1. The molecule has 2 rings (SSSR count). The molecule has 1 atom stereocenters. The van der Waals surface area contributed by atoms with E-state index in [1.165, 1.54) is 0 Å². The molecule has 24 heavy (non-hydrogen) atoms. The number of anilines is 1. The van der Waals surface area contributed by atoms with Gasteiger partial charge in [-0.05, 0) is 57.3 Å². The van der Waals surface area contributed by atoms with Crippen LogP contribution in [0.4, 0.5) is 5.69 Å². The number of carbonyl (C=O) groups is 1. The van der Waals surface area contributed by atoms with Gasteiger partial charge in [-0.2, -0.15) is 0 Å². The van der Waals surface area contributed by atoms with Crippen LogP contribution in [0.25, 0.3) is 0 Å². The summed E-state index contributed by atoms with van der Waals surface area (Å²) in [4.78, 5) is 13.0. The van der Waals surface area contributed by atoms with Crippen molar-refractivity contribution in [3.63, 3.8) is 0 Å². The molecule has 1 aromatic carbocycles. The van der Waals surface area contributed by atoms with E-state index in [1.807, 2.05) is 32.0 Å². The topological polar surface area (TPSA) is 98.1 Å². The van der Waals surface area contributed by atoms with Crippen LogP contribution in [-0.4, -0.2) is 40.6 Å². The van der Waals surface area contributed by atoms with Gasteiger partial charge in [0, 0.05) is 5.69 Å². The standard InChI is InChI=1S/C10H19NO2.C8H11N.ClH.H2O/c1-2-3-7-11-8-5-4-6-9(11)10(12)13;1-6-4-3-5-7(2)8(6)9;;/h9H,2-8H2,1H3,(H,12,13);3-5H,9H2,1-2H3;1H;1H2. The van der Waals surface area contributed by atoms with E-state index in [0.717, 1.165) is 62.0 Å². The maximum absolute atomic E-state index is 10.9. The third-order valence-electron chi connectivity index (χ3n) is 4.24. The molecule has 0 aliphatic carbocycles. The number of carboxylic acids is 1. The second kappa shape index (κ2) is 13.0. The number of unbranched alkanes of at least 4 members (excludes halogenated alkanes) is 1. The van der Waals surface area contributed by atoms with Crippen molar-refractivity contribution in [3.05, 3.63) is 29.3 Å². The molecule has 140 valence electrons. The van der Waals surface area contributed by atoms with Crippen LogP contribution in [0.3, 0.4) is 0 Å². The lowest BCUT2D eigenvalue weighted by Gasteiger charge is -2.32. The maximum Gasteiger partial charge on any atom is 0.320 e. The van der Waals surface area contributed by atoms with Gasteiger partial charge in [-0.25, -0.2) is 0 Å². The quantitative estimate of drug-likeness (QED) is 0.805. The summed E-state index contributed by atoms with van der Waals surface area (Å²) in [6.45, 7) is 8.09. The minimum Gasteiger partial charge on any atom is -0.480 e. The highest BCUT2D eigenvalue weighted by molar-refractivity contribution is 5.85. The van der Waals surface area contributed by atoms with Crippen LogP contribution in [-0.2, 0) is 4.79 Å². The van der Waals surface area contributed by atoms with Crippen molar-refractivity contribution in [3.8, 4) is 0 Å². The van der Waals surface area contributed by atoms with E-state index in [0.29, 0.717) is 0 Å². The molecule has 1 saturated heterocycles. The number of piperidine rings is 1. The van der Waals surface area contributed by atoms with Crippen molar-refractivity contribution in [2.45, 2.75) is 58.9 Å². The summed E-state index contributed by atoms with van der Waals surface area (Å²) >= 11 is 0. The number of hydrogen-bond acceptors (Lipinski definition) is 3. The van der Waals surface area contributed by atoms with E-state index in [-0.39, 0.29) is 23.9 Å². The third-order valence-corrected chi connectivity index (χ3v) is 4.24. The Morgan fingerprint density at radius 3 is 2.33 bits per heavy atom. The molecule has 5 nitrogen and oxygen atoms in total. The van der Waals surface area contributed by atoms with E-state index in [2.05, 4.69) is 11.8 Å². The Bertz CT molecular complexity index is 463. The molecule has 1 fully saturated rings. The maximum atomic E-state index is 10.9. The Kier molecular flexibility index (Phi) is 13.6. The summed E-state index contributed by atoms with van der Waals surface area (Å²) in [5, 5.41) is 8.97. The molecule has 0 radical (unpaired) electrons. The Hall–Kier alpha value is -1.30. The van der Waals surface area contributed by atoms with E-state index in [9.17, 15) is 4.79 Å². The van der Waals surface area contributed by atoms with Gasteiger partial charge in [-0.1, -0.05) is 38.0 Å².